The fraction of sp³-hybridized carbons (Fsp3) is 0.150. The van der Waals surface area contributed by atoms with E-state index in [2.05, 4.69) is 24.3 Å². The van der Waals surface area contributed by atoms with Crippen molar-refractivity contribution in [2.75, 3.05) is 0 Å². The van der Waals surface area contributed by atoms with Gasteiger partial charge in [-0.25, -0.2) is 0 Å². The SMILES string of the molecule is CC(C)N1C(=O)c2ccc3c4ccc5c6ccc7c8c(ccc(c9ccc(c%10ccc(c2c3%10)C1=O)c4c59)c86)C(=O)N(C(C)C)C7=O. The number of hydrogen-bond acceptors (Lipinski definition) is 4. The average Bonchev–Trinajstić information content (AvgIpc) is 3.04. The van der Waals surface area contributed by atoms with Gasteiger partial charge in [-0.05, 0) is 117 Å². The molecular weight excluding hydrogens is 572 g/mol. The van der Waals surface area contributed by atoms with Gasteiger partial charge in [-0.15, -0.1) is 0 Å². The Bertz CT molecular complexity index is 2430. The Morgan fingerprint density at radius 3 is 0.739 bits per heavy atom. The molecule has 0 bridgehead atoms. The lowest BCUT2D eigenvalue weighted by atomic mass is 9.80. The third-order valence-corrected chi connectivity index (χ3v) is 10.5. The molecule has 0 fully saturated rings. The predicted molar refractivity (Wildman–Crippen MR) is 183 cm³/mol. The van der Waals surface area contributed by atoms with Gasteiger partial charge < -0.3 is 0 Å². The summed E-state index contributed by atoms with van der Waals surface area (Å²) >= 11 is 0. The lowest BCUT2D eigenvalue weighted by Crippen LogP contribution is -2.44. The zero-order valence-corrected chi connectivity index (χ0v) is 25.6. The minimum atomic E-state index is -0.252. The van der Waals surface area contributed by atoms with E-state index in [-0.39, 0.29) is 35.7 Å². The number of rotatable bonds is 2. The van der Waals surface area contributed by atoms with Crippen LogP contribution in [-0.2, 0) is 0 Å². The van der Waals surface area contributed by atoms with Gasteiger partial charge in [0.1, 0.15) is 0 Å². The quantitative estimate of drug-likeness (QED) is 0.113. The van der Waals surface area contributed by atoms with Crippen LogP contribution in [0.5, 0.6) is 0 Å². The third kappa shape index (κ3) is 2.72. The van der Waals surface area contributed by atoms with E-state index in [9.17, 15) is 19.2 Å². The Hall–Kier alpha value is -5.62. The normalized spacial score (nSPS) is 15.4. The van der Waals surface area contributed by atoms with Crippen LogP contribution in [0.1, 0.15) is 69.1 Å². The number of nitrogens with zero attached hydrogens (tertiary/aromatic N) is 2. The molecule has 0 atom stereocenters. The van der Waals surface area contributed by atoms with E-state index < -0.39 is 0 Å². The summed E-state index contributed by atoms with van der Waals surface area (Å²) in [6.45, 7) is 7.45. The highest BCUT2D eigenvalue weighted by Crippen LogP contribution is 2.50. The molecule has 2 aliphatic rings. The van der Waals surface area contributed by atoms with Crippen LogP contribution in [0.3, 0.4) is 0 Å². The molecule has 8 aromatic carbocycles. The zero-order chi connectivity index (χ0) is 31.5. The molecule has 2 heterocycles. The van der Waals surface area contributed by atoms with Crippen molar-refractivity contribution < 1.29 is 19.2 Å². The largest absolute Gasteiger partial charge is 0.272 e. The molecule has 4 amide bonds. The van der Waals surface area contributed by atoms with Crippen LogP contribution in [-0.4, -0.2) is 45.5 Å². The van der Waals surface area contributed by atoms with E-state index in [1.54, 1.807) is 0 Å². The Labute approximate surface area is 262 Å². The summed E-state index contributed by atoms with van der Waals surface area (Å²) in [5, 5.41) is 13.9. The van der Waals surface area contributed by atoms with Crippen molar-refractivity contribution in [1.29, 1.82) is 0 Å². The number of benzene rings is 8. The number of carbonyl (C=O) groups excluding carboxylic acids is 4. The second-order valence-electron chi connectivity index (χ2n) is 13.4. The molecule has 0 unspecified atom stereocenters. The van der Waals surface area contributed by atoms with E-state index in [0.717, 1.165) is 75.4 Å². The number of fused-ring (bicyclic) bond motifs is 4. The fourth-order valence-corrected chi connectivity index (χ4v) is 8.64. The first kappa shape index (κ1) is 25.7. The van der Waals surface area contributed by atoms with Crippen LogP contribution >= 0.6 is 0 Å². The first-order chi connectivity index (χ1) is 22.2. The second kappa shape index (κ2) is 8.15. The monoisotopic (exact) mass is 598 g/mol. The van der Waals surface area contributed by atoms with Crippen molar-refractivity contribution in [3.8, 4) is 0 Å². The van der Waals surface area contributed by atoms with E-state index >= 15 is 0 Å². The molecule has 6 nitrogen and oxygen atoms in total. The number of carbonyl (C=O) groups is 4. The number of hydrogen-bond donors (Lipinski definition) is 0. The van der Waals surface area contributed by atoms with Gasteiger partial charge in [0.05, 0.1) is 0 Å². The van der Waals surface area contributed by atoms with Gasteiger partial charge >= 0.3 is 0 Å². The first-order valence-electron chi connectivity index (χ1n) is 15.8. The van der Waals surface area contributed by atoms with Gasteiger partial charge in [0.2, 0.25) is 0 Å². The molecule has 2 aliphatic heterocycles. The smallest absolute Gasteiger partial charge is 0.261 e. The lowest BCUT2D eigenvalue weighted by Gasteiger charge is -2.31. The maximum Gasteiger partial charge on any atom is 0.261 e. The molecule has 0 saturated heterocycles. The van der Waals surface area contributed by atoms with Crippen molar-refractivity contribution >= 4 is 99.0 Å². The molecule has 0 saturated carbocycles. The minimum Gasteiger partial charge on any atom is -0.272 e. The molecule has 0 N–H and O–H groups in total. The maximum atomic E-state index is 13.6. The van der Waals surface area contributed by atoms with Crippen molar-refractivity contribution in [3.05, 3.63) is 95.1 Å². The molecule has 10 rings (SSSR count). The van der Waals surface area contributed by atoms with Gasteiger partial charge in [-0.3, -0.25) is 29.0 Å². The Morgan fingerprint density at radius 1 is 0.326 bits per heavy atom. The molecular formula is C40H26N2O4. The minimum absolute atomic E-state index is 0.244. The summed E-state index contributed by atoms with van der Waals surface area (Å²) in [5.74, 6) is -1.01. The van der Waals surface area contributed by atoms with Crippen LogP contribution in [0, 0.1) is 0 Å². The molecule has 0 aromatic heterocycles. The zero-order valence-electron chi connectivity index (χ0n) is 25.6. The Kier molecular flexibility index (Phi) is 4.55. The highest BCUT2D eigenvalue weighted by molar-refractivity contribution is 6.45. The number of imide groups is 2. The van der Waals surface area contributed by atoms with E-state index in [1.807, 2.05) is 76.2 Å². The van der Waals surface area contributed by atoms with Gasteiger partial charge in [-0.2, -0.15) is 0 Å². The van der Waals surface area contributed by atoms with Gasteiger partial charge in [0.15, 0.2) is 0 Å². The van der Waals surface area contributed by atoms with Crippen molar-refractivity contribution in [2.24, 2.45) is 0 Å². The Balaban J connectivity index is 1.36. The topological polar surface area (TPSA) is 74.8 Å². The molecule has 6 heteroatoms. The summed E-state index contributed by atoms with van der Waals surface area (Å²) in [5.41, 5.74) is 2.25. The average molecular weight is 599 g/mol. The fourth-order valence-electron chi connectivity index (χ4n) is 8.64. The van der Waals surface area contributed by atoms with Crippen molar-refractivity contribution in [3.63, 3.8) is 0 Å². The molecule has 220 valence electrons. The van der Waals surface area contributed by atoms with Gasteiger partial charge in [0.25, 0.3) is 23.6 Å². The van der Waals surface area contributed by atoms with Crippen LogP contribution in [0.25, 0.3) is 75.4 Å². The summed E-state index contributed by atoms with van der Waals surface area (Å²) in [7, 11) is 0. The summed E-state index contributed by atoms with van der Waals surface area (Å²) < 4.78 is 0. The lowest BCUT2D eigenvalue weighted by molar-refractivity contribution is 0.0547. The highest BCUT2D eigenvalue weighted by atomic mass is 16.2. The molecule has 8 aromatic rings. The summed E-state index contributed by atoms with van der Waals surface area (Å²) in [6, 6.07) is 23.7. The summed E-state index contributed by atoms with van der Waals surface area (Å²) in [4.78, 5) is 57.1. The standard InChI is InChI=1S/C40H26N2O4/c1-17(2)41-37(43)27-13-9-23-19-5-7-21-25-11-15-29-36-30(40(46)42(18(3)4)39(29)45)16-12-26(34(25)36)22-8-6-20(31(19)32(21)22)24-10-14-28(38(41)44)35(27)33(23)24/h5-18H,1-4H3. The highest BCUT2D eigenvalue weighted by Gasteiger charge is 2.37. The molecule has 46 heavy (non-hydrogen) atoms. The predicted octanol–water partition coefficient (Wildman–Crippen LogP) is 8.64. The third-order valence-electron chi connectivity index (χ3n) is 10.5. The molecule has 0 radical (unpaired) electrons. The summed E-state index contributed by atoms with van der Waals surface area (Å²) in [6.07, 6.45) is 0. The molecule has 0 spiro atoms. The van der Waals surface area contributed by atoms with Crippen LogP contribution in [0.15, 0.2) is 72.8 Å². The van der Waals surface area contributed by atoms with Crippen molar-refractivity contribution in [2.45, 2.75) is 39.8 Å². The van der Waals surface area contributed by atoms with Crippen LogP contribution in [0.4, 0.5) is 0 Å². The van der Waals surface area contributed by atoms with Crippen molar-refractivity contribution in [1.82, 2.24) is 9.80 Å². The second-order valence-corrected chi connectivity index (χ2v) is 13.4. The van der Waals surface area contributed by atoms with E-state index in [1.165, 1.54) is 9.80 Å². The van der Waals surface area contributed by atoms with Crippen LogP contribution in [0.2, 0.25) is 0 Å². The van der Waals surface area contributed by atoms with Gasteiger partial charge in [-0.1, -0.05) is 48.5 Å². The van der Waals surface area contributed by atoms with Gasteiger partial charge in [0, 0.05) is 45.1 Å². The maximum absolute atomic E-state index is 13.6. The van der Waals surface area contributed by atoms with E-state index in [0.29, 0.717) is 22.3 Å². The van der Waals surface area contributed by atoms with E-state index in [4.69, 9.17) is 0 Å². The Morgan fingerprint density at radius 2 is 0.522 bits per heavy atom. The molecule has 0 aliphatic carbocycles. The first-order valence-corrected chi connectivity index (χ1v) is 15.8. The number of amides is 4. The van der Waals surface area contributed by atoms with Crippen LogP contribution < -0.4 is 0 Å².